The van der Waals surface area contributed by atoms with Gasteiger partial charge in [-0.3, -0.25) is 5.10 Å². The van der Waals surface area contributed by atoms with Crippen LogP contribution in [0.1, 0.15) is 59.6 Å². The number of allylic oxidation sites excluding steroid dienone is 1. The molecule has 0 spiro atoms. The fourth-order valence-electron chi connectivity index (χ4n) is 5.08. The summed E-state index contributed by atoms with van der Waals surface area (Å²) in [6.07, 6.45) is 7.48. The van der Waals surface area contributed by atoms with E-state index in [1.54, 1.807) is 6.07 Å². The van der Waals surface area contributed by atoms with Gasteiger partial charge in [-0.2, -0.15) is 9.65 Å². The Morgan fingerprint density at radius 3 is 2.62 bits per heavy atom. The summed E-state index contributed by atoms with van der Waals surface area (Å²) in [5, 5.41) is 25.8. The standard InChI is InChI=1S/C31H27FN4O3/c1-3-39-26-15-18(2)24(17-34-26)29(20-5-4-6-20)28(21-10-7-19(8-11-21)9-14-27(37)38)22-12-13-25-30(23(22)16-33)31(32)36-35-25/h7-15,17,20H,3-6H2,1-2H3,(H,35,36)(H,37,38)/b14-9+,29-28+. The van der Waals surface area contributed by atoms with Crippen molar-refractivity contribution in [2.75, 3.05) is 6.61 Å². The topological polar surface area (TPSA) is 112 Å². The maximum atomic E-state index is 14.8. The number of pyridine rings is 1. The number of nitrogens with one attached hydrogen (secondary N) is 1. The number of hydrogen-bond acceptors (Lipinski definition) is 5. The first-order valence-corrected chi connectivity index (χ1v) is 12.8. The van der Waals surface area contributed by atoms with Gasteiger partial charge < -0.3 is 9.84 Å². The Morgan fingerprint density at radius 2 is 2.00 bits per heavy atom. The van der Waals surface area contributed by atoms with E-state index in [0.29, 0.717) is 23.6 Å². The summed E-state index contributed by atoms with van der Waals surface area (Å²) >= 11 is 0. The van der Waals surface area contributed by atoms with Gasteiger partial charge >= 0.3 is 5.97 Å². The highest BCUT2D eigenvalue weighted by molar-refractivity contribution is 6.04. The Bertz CT molecular complexity index is 1660. The van der Waals surface area contributed by atoms with Crippen LogP contribution < -0.4 is 4.74 Å². The number of benzene rings is 2. The number of aryl methyl sites for hydroxylation is 1. The van der Waals surface area contributed by atoms with E-state index >= 15 is 0 Å². The number of halogens is 1. The lowest BCUT2D eigenvalue weighted by molar-refractivity contribution is -0.131. The molecule has 2 aromatic heterocycles. The summed E-state index contributed by atoms with van der Waals surface area (Å²) in [5.41, 5.74) is 6.62. The van der Waals surface area contributed by atoms with Crippen molar-refractivity contribution in [2.24, 2.45) is 5.92 Å². The van der Waals surface area contributed by atoms with Gasteiger partial charge in [0.05, 0.1) is 23.1 Å². The highest BCUT2D eigenvalue weighted by Gasteiger charge is 2.30. The number of nitriles is 1. The zero-order valence-corrected chi connectivity index (χ0v) is 21.7. The second-order valence-electron chi connectivity index (χ2n) is 9.52. The van der Waals surface area contributed by atoms with Crippen LogP contribution in [0.5, 0.6) is 5.88 Å². The quantitative estimate of drug-likeness (QED) is 0.254. The lowest BCUT2D eigenvalue weighted by atomic mass is 9.72. The van der Waals surface area contributed by atoms with E-state index in [-0.39, 0.29) is 16.9 Å². The van der Waals surface area contributed by atoms with Crippen LogP contribution in [0.4, 0.5) is 4.39 Å². The minimum absolute atomic E-state index is 0.156. The third-order valence-corrected chi connectivity index (χ3v) is 7.14. The predicted molar refractivity (Wildman–Crippen MR) is 147 cm³/mol. The highest BCUT2D eigenvalue weighted by Crippen LogP contribution is 2.47. The van der Waals surface area contributed by atoms with E-state index in [0.717, 1.165) is 58.7 Å². The van der Waals surface area contributed by atoms with Crippen molar-refractivity contribution >= 4 is 34.1 Å². The van der Waals surface area contributed by atoms with Crippen LogP contribution in [-0.2, 0) is 4.79 Å². The average molecular weight is 523 g/mol. The largest absolute Gasteiger partial charge is 0.478 e. The molecule has 2 aromatic carbocycles. The van der Waals surface area contributed by atoms with Gasteiger partial charge in [-0.1, -0.05) is 36.8 Å². The molecule has 0 amide bonds. The number of carboxylic acid groups (broad SMARTS) is 1. The second-order valence-corrected chi connectivity index (χ2v) is 9.52. The number of carboxylic acids is 1. The molecular formula is C31H27FN4O3. The van der Waals surface area contributed by atoms with E-state index in [2.05, 4.69) is 21.3 Å². The third-order valence-electron chi connectivity index (χ3n) is 7.14. The second kappa shape index (κ2) is 10.9. The molecule has 2 N–H and O–H groups in total. The van der Waals surface area contributed by atoms with Crippen molar-refractivity contribution in [2.45, 2.75) is 33.1 Å². The molecule has 196 valence electrons. The molecule has 4 aromatic rings. The maximum Gasteiger partial charge on any atom is 0.328 e. The Kier molecular flexibility index (Phi) is 7.24. The fraction of sp³-hybridized carbons (Fsp3) is 0.226. The molecule has 0 unspecified atom stereocenters. The van der Waals surface area contributed by atoms with Crippen molar-refractivity contribution < 1.29 is 19.0 Å². The Labute approximate surface area is 225 Å². The van der Waals surface area contributed by atoms with Crippen molar-refractivity contribution in [1.29, 1.82) is 5.26 Å². The molecule has 0 aliphatic heterocycles. The Morgan fingerprint density at radius 1 is 1.23 bits per heavy atom. The molecular weight excluding hydrogens is 495 g/mol. The molecule has 0 bridgehead atoms. The zero-order chi connectivity index (χ0) is 27.5. The van der Waals surface area contributed by atoms with Crippen LogP contribution >= 0.6 is 0 Å². The number of hydrogen-bond donors (Lipinski definition) is 2. The number of H-pyrrole nitrogens is 1. The van der Waals surface area contributed by atoms with Crippen molar-refractivity contribution in [3.63, 3.8) is 0 Å². The van der Waals surface area contributed by atoms with E-state index in [9.17, 15) is 14.4 Å². The summed E-state index contributed by atoms with van der Waals surface area (Å²) in [5.74, 6) is -0.982. The van der Waals surface area contributed by atoms with Gasteiger partial charge in [0.2, 0.25) is 11.8 Å². The Hall–Kier alpha value is -4.77. The smallest absolute Gasteiger partial charge is 0.328 e. The van der Waals surface area contributed by atoms with Gasteiger partial charge in [0.1, 0.15) is 6.07 Å². The summed E-state index contributed by atoms with van der Waals surface area (Å²) < 4.78 is 20.4. The van der Waals surface area contributed by atoms with E-state index in [1.807, 2.05) is 56.4 Å². The minimum atomic E-state index is -1.03. The first-order valence-electron chi connectivity index (χ1n) is 12.8. The summed E-state index contributed by atoms with van der Waals surface area (Å²) in [7, 11) is 0. The van der Waals surface area contributed by atoms with Crippen molar-refractivity contribution in [3.8, 4) is 11.9 Å². The number of nitrogens with zero attached hydrogens (tertiary/aromatic N) is 3. The summed E-state index contributed by atoms with van der Waals surface area (Å²) in [6.45, 7) is 4.43. The Balaban J connectivity index is 1.82. The predicted octanol–water partition coefficient (Wildman–Crippen LogP) is 6.53. The molecule has 1 aliphatic rings. The van der Waals surface area contributed by atoms with Gasteiger partial charge in [0.25, 0.3) is 0 Å². The van der Waals surface area contributed by atoms with E-state index in [1.165, 1.54) is 6.08 Å². The first kappa shape index (κ1) is 25.9. The van der Waals surface area contributed by atoms with Crippen LogP contribution in [0, 0.1) is 30.1 Å². The number of carbonyl (C=O) groups is 1. The zero-order valence-electron chi connectivity index (χ0n) is 21.7. The number of aliphatic carboxylic acids is 1. The van der Waals surface area contributed by atoms with Crippen LogP contribution in [0.25, 0.3) is 28.1 Å². The van der Waals surface area contributed by atoms with Crippen LogP contribution in [0.3, 0.4) is 0 Å². The van der Waals surface area contributed by atoms with Crippen LogP contribution in [-0.4, -0.2) is 32.9 Å². The summed E-state index contributed by atoms with van der Waals surface area (Å²) in [6, 6.07) is 15.2. The van der Waals surface area contributed by atoms with Gasteiger partial charge in [-0.25, -0.2) is 9.78 Å². The molecule has 8 heteroatoms. The highest BCUT2D eigenvalue weighted by atomic mass is 19.1. The fourth-order valence-corrected chi connectivity index (χ4v) is 5.08. The molecule has 1 fully saturated rings. The SMILES string of the molecule is CCOc1cc(C)c(/C(=C(\c2ccc(/C=C/C(=O)O)cc2)c2ccc3[nH]nc(F)c3c2C#N)C2CCC2)cn1. The van der Waals surface area contributed by atoms with Crippen molar-refractivity contribution in [1.82, 2.24) is 15.2 Å². The monoisotopic (exact) mass is 522 g/mol. The van der Waals surface area contributed by atoms with Crippen molar-refractivity contribution in [3.05, 3.63) is 94.1 Å². The number of fused-ring (bicyclic) bond motifs is 1. The van der Waals surface area contributed by atoms with E-state index in [4.69, 9.17) is 9.84 Å². The number of aromatic amines is 1. The molecule has 2 heterocycles. The number of ether oxygens (including phenoxy) is 1. The molecule has 0 radical (unpaired) electrons. The summed E-state index contributed by atoms with van der Waals surface area (Å²) in [4.78, 5) is 15.5. The molecule has 39 heavy (non-hydrogen) atoms. The lowest BCUT2D eigenvalue weighted by Crippen LogP contribution is -2.16. The molecule has 5 rings (SSSR count). The molecule has 0 saturated heterocycles. The van der Waals surface area contributed by atoms with Gasteiger partial charge in [0, 0.05) is 29.5 Å². The minimum Gasteiger partial charge on any atom is -0.478 e. The molecule has 1 saturated carbocycles. The molecule has 7 nitrogen and oxygen atoms in total. The van der Waals surface area contributed by atoms with Gasteiger partial charge in [-0.05, 0) is 72.6 Å². The number of rotatable bonds is 8. The van der Waals surface area contributed by atoms with Crippen LogP contribution in [0.2, 0.25) is 0 Å². The normalized spacial score (nSPS) is 14.2. The first-order chi connectivity index (χ1) is 18.9. The van der Waals surface area contributed by atoms with Crippen LogP contribution in [0.15, 0.2) is 54.7 Å². The number of aromatic nitrogens is 3. The van der Waals surface area contributed by atoms with E-state index < -0.39 is 11.9 Å². The molecule has 1 aliphatic carbocycles. The van der Waals surface area contributed by atoms with Gasteiger partial charge in [-0.15, -0.1) is 5.10 Å². The molecule has 0 atom stereocenters. The average Bonchev–Trinajstić information content (AvgIpc) is 3.28. The van der Waals surface area contributed by atoms with Gasteiger partial charge in [0.15, 0.2) is 0 Å². The maximum absolute atomic E-state index is 14.8. The lowest BCUT2D eigenvalue weighted by Gasteiger charge is -2.32. The third kappa shape index (κ3) is 5.04.